The molecule has 1 aliphatic rings. The second kappa shape index (κ2) is 8.43. The minimum absolute atomic E-state index is 0.0158. The third-order valence-corrected chi connectivity index (χ3v) is 3.48. The number of carbonyl (C=O) groups is 3. The van der Waals surface area contributed by atoms with Crippen LogP contribution >= 0.6 is 0 Å². The maximum Gasteiger partial charge on any atom is 0.303 e. The zero-order valence-corrected chi connectivity index (χ0v) is 14.4. The summed E-state index contributed by atoms with van der Waals surface area (Å²) < 4.78 is 16.1. The lowest BCUT2D eigenvalue weighted by atomic mass is 10.0. The van der Waals surface area contributed by atoms with Gasteiger partial charge in [-0.15, -0.1) is 0 Å². The van der Waals surface area contributed by atoms with E-state index in [0.29, 0.717) is 5.69 Å². The lowest BCUT2D eigenvalue weighted by molar-refractivity contribution is -0.163. The smallest absolute Gasteiger partial charge is 0.303 e. The Morgan fingerprint density at radius 3 is 2.28 bits per heavy atom. The number of amides is 1. The number of nitrogens with one attached hydrogen (secondary N) is 1. The highest BCUT2D eigenvalue weighted by atomic mass is 16.6. The molecule has 0 saturated heterocycles. The molecule has 0 aromatic heterocycles. The number of hydrogen-bond donors (Lipinski definition) is 1. The summed E-state index contributed by atoms with van der Waals surface area (Å²) in [5.74, 6) is -1.02. The molecule has 0 bridgehead atoms. The molecule has 1 amide bonds. The van der Waals surface area contributed by atoms with Crippen molar-refractivity contribution in [3.05, 3.63) is 42.0 Å². The van der Waals surface area contributed by atoms with Gasteiger partial charge in [-0.05, 0) is 23.8 Å². The first-order chi connectivity index (χ1) is 11.8. The number of rotatable bonds is 5. The molecule has 0 fully saturated rings. The number of benzene rings is 1. The zero-order chi connectivity index (χ0) is 18.4. The van der Waals surface area contributed by atoms with Crippen molar-refractivity contribution < 1.29 is 28.6 Å². The minimum Gasteiger partial charge on any atom is -0.463 e. The molecule has 0 saturated carbocycles. The van der Waals surface area contributed by atoms with E-state index in [0.717, 1.165) is 5.56 Å². The molecule has 1 N–H and O–H groups in total. The van der Waals surface area contributed by atoms with Gasteiger partial charge in [0.05, 0.1) is 0 Å². The summed E-state index contributed by atoms with van der Waals surface area (Å²) in [6.07, 6.45) is 1.92. The summed E-state index contributed by atoms with van der Waals surface area (Å²) in [6, 6.07) is 7.20. The van der Waals surface area contributed by atoms with Gasteiger partial charge in [-0.2, -0.15) is 0 Å². The van der Waals surface area contributed by atoms with Crippen molar-refractivity contribution >= 4 is 23.5 Å². The first-order valence-corrected chi connectivity index (χ1v) is 7.87. The van der Waals surface area contributed by atoms with Crippen molar-refractivity contribution in [1.29, 1.82) is 0 Å². The number of esters is 2. The molecule has 7 heteroatoms. The Morgan fingerprint density at radius 2 is 1.72 bits per heavy atom. The van der Waals surface area contributed by atoms with Crippen LogP contribution in [-0.2, 0) is 28.6 Å². The molecule has 1 aromatic carbocycles. The van der Waals surface area contributed by atoms with E-state index in [-0.39, 0.29) is 18.6 Å². The largest absolute Gasteiger partial charge is 0.463 e. The van der Waals surface area contributed by atoms with Crippen LogP contribution in [0.3, 0.4) is 0 Å². The van der Waals surface area contributed by atoms with E-state index < -0.39 is 24.1 Å². The summed E-state index contributed by atoms with van der Waals surface area (Å²) in [5.41, 5.74) is 1.55. The summed E-state index contributed by atoms with van der Waals surface area (Å²) in [6.45, 7) is 4.04. The SMILES string of the molecule is CC(=O)Nc1ccc([C@@H]2C=C[C@@H](OC(C)=O)[C@@H](COC(C)=O)O2)cc1. The van der Waals surface area contributed by atoms with Crippen LogP contribution in [0.2, 0.25) is 0 Å². The average Bonchev–Trinajstić information content (AvgIpc) is 2.53. The van der Waals surface area contributed by atoms with Crippen LogP contribution < -0.4 is 5.32 Å². The monoisotopic (exact) mass is 347 g/mol. The van der Waals surface area contributed by atoms with Gasteiger partial charge in [-0.1, -0.05) is 18.2 Å². The normalized spacial score (nSPS) is 22.1. The predicted molar refractivity (Wildman–Crippen MR) is 89.7 cm³/mol. The summed E-state index contributed by atoms with van der Waals surface area (Å²) in [4.78, 5) is 33.3. The third-order valence-electron chi connectivity index (χ3n) is 3.48. The van der Waals surface area contributed by atoms with Gasteiger partial charge in [0.1, 0.15) is 24.9 Å². The molecule has 1 aromatic rings. The second-order valence-electron chi connectivity index (χ2n) is 5.66. The summed E-state index contributed by atoms with van der Waals surface area (Å²) in [7, 11) is 0. The van der Waals surface area contributed by atoms with Gasteiger partial charge >= 0.3 is 11.9 Å². The van der Waals surface area contributed by atoms with E-state index in [4.69, 9.17) is 14.2 Å². The standard InChI is InChI=1S/C18H21NO6/c1-11(20)19-15-6-4-14(5-7-15)16-8-9-17(24-13(3)22)18(25-16)10-23-12(2)21/h4-9,16-18H,10H2,1-3H3,(H,19,20)/t16-,17+,18+/m0/s1. The van der Waals surface area contributed by atoms with Crippen LogP contribution in [0.5, 0.6) is 0 Å². The highest BCUT2D eigenvalue weighted by molar-refractivity contribution is 5.88. The molecule has 0 radical (unpaired) electrons. The van der Waals surface area contributed by atoms with Gasteiger partial charge in [-0.25, -0.2) is 0 Å². The van der Waals surface area contributed by atoms with Gasteiger partial charge in [0.25, 0.3) is 0 Å². The number of ether oxygens (including phenoxy) is 3. The second-order valence-corrected chi connectivity index (χ2v) is 5.66. The Morgan fingerprint density at radius 1 is 1.04 bits per heavy atom. The maximum absolute atomic E-state index is 11.2. The molecule has 0 unspecified atom stereocenters. The average molecular weight is 347 g/mol. The first-order valence-electron chi connectivity index (χ1n) is 7.87. The molecular formula is C18H21NO6. The Kier molecular flexibility index (Phi) is 6.30. The van der Waals surface area contributed by atoms with E-state index in [1.807, 2.05) is 12.1 Å². The highest BCUT2D eigenvalue weighted by Gasteiger charge is 2.31. The number of carbonyl (C=O) groups excluding carboxylic acids is 3. The van der Waals surface area contributed by atoms with E-state index >= 15 is 0 Å². The van der Waals surface area contributed by atoms with Crippen molar-refractivity contribution in [2.75, 3.05) is 11.9 Å². The van der Waals surface area contributed by atoms with Crippen LogP contribution in [0, 0.1) is 0 Å². The summed E-state index contributed by atoms with van der Waals surface area (Å²) >= 11 is 0. The van der Waals surface area contributed by atoms with Gasteiger partial charge in [-0.3, -0.25) is 14.4 Å². The molecule has 1 heterocycles. The molecule has 3 atom stereocenters. The van der Waals surface area contributed by atoms with Crippen LogP contribution in [0.15, 0.2) is 36.4 Å². The van der Waals surface area contributed by atoms with Crippen LogP contribution in [-0.4, -0.2) is 36.7 Å². The molecule has 0 aliphatic carbocycles. The fourth-order valence-corrected chi connectivity index (χ4v) is 2.43. The van der Waals surface area contributed by atoms with Crippen molar-refractivity contribution in [2.45, 2.75) is 39.1 Å². The van der Waals surface area contributed by atoms with Gasteiger partial charge in [0, 0.05) is 26.5 Å². The van der Waals surface area contributed by atoms with Gasteiger partial charge in [0.15, 0.2) is 0 Å². The maximum atomic E-state index is 11.2. The van der Waals surface area contributed by atoms with Crippen molar-refractivity contribution in [3.8, 4) is 0 Å². The molecule has 2 rings (SSSR count). The molecule has 25 heavy (non-hydrogen) atoms. The summed E-state index contributed by atoms with van der Waals surface area (Å²) in [5, 5.41) is 2.69. The topological polar surface area (TPSA) is 90.9 Å². The number of anilines is 1. The lowest BCUT2D eigenvalue weighted by Crippen LogP contribution is -2.39. The van der Waals surface area contributed by atoms with E-state index in [1.165, 1.54) is 20.8 Å². The number of hydrogen-bond acceptors (Lipinski definition) is 6. The third kappa shape index (κ3) is 5.72. The fourth-order valence-electron chi connectivity index (χ4n) is 2.43. The molecule has 134 valence electrons. The van der Waals surface area contributed by atoms with Gasteiger partial charge in [0.2, 0.25) is 5.91 Å². The van der Waals surface area contributed by atoms with Crippen LogP contribution in [0.1, 0.15) is 32.4 Å². The lowest BCUT2D eigenvalue weighted by Gasteiger charge is -2.31. The van der Waals surface area contributed by atoms with E-state index in [1.54, 1.807) is 24.3 Å². The predicted octanol–water partition coefficient (Wildman–Crippen LogP) is 2.14. The quantitative estimate of drug-likeness (QED) is 0.648. The van der Waals surface area contributed by atoms with E-state index in [2.05, 4.69) is 5.32 Å². The van der Waals surface area contributed by atoms with Crippen LogP contribution in [0.4, 0.5) is 5.69 Å². The molecule has 1 aliphatic heterocycles. The van der Waals surface area contributed by atoms with Gasteiger partial charge < -0.3 is 19.5 Å². The Labute approximate surface area is 145 Å². The zero-order valence-electron chi connectivity index (χ0n) is 14.4. The van der Waals surface area contributed by atoms with Crippen molar-refractivity contribution in [2.24, 2.45) is 0 Å². The Hall–Kier alpha value is -2.67. The Balaban J connectivity index is 2.12. The van der Waals surface area contributed by atoms with Crippen molar-refractivity contribution in [1.82, 2.24) is 0 Å². The van der Waals surface area contributed by atoms with Crippen molar-refractivity contribution in [3.63, 3.8) is 0 Å². The molecule has 7 nitrogen and oxygen atoms in total. The molecule has 0 spiro atoms. The molecular weight excluding hydrogens is 326 g/mol. The first kappa shape index (κ1) is 18.7. The highest BCUT2D eigenvalue weighted by Crippen LogP contribution is 2.28. The van der Waals surface area contributed by atoms with E-state index in [9.17, 15) is 14.4 Å². The Bertz CT molecular complexity index is 667. The minimum atomic E-state index is -0.619. The fraction of sp³-hybridized carbons (Fsp3) is 0.389. The van der Waals surface area contributed by atoms with Crippen LogP contribution in [0.25, 0.3) is 0 Å².